The first-order valence-electron chi connectivity index (χ1n) is 10.7. The molecule has 2 fully saturated rings. The monoisotopic (exact) mass is 415 g/mol. The zero-order chi connectivity index (χ0) is 20.2. The fourth-order valence-electron chi connectivity index (χ4n) is 4.41. The Morgan fingerprint density at radius 2 is 2.00 bits per heavy atom. The first-order chi connectivity index (χ1) is 14.1. The molecule has 6 nitrogen and oxygen atoms in total. The molecule has 0 spiro atoms. The summed E-state index contributed by atoms with van der Waals surface area (Å²) in [5, 5.41) is 1.14. The molecule has 156 valence electrons. The number of nitrogens with zero attached hydrogens (tertiary/aromatic N) is 3. The van der Waals surface area contributed by atoms with Gasteiger partial charge in [0.2, 0.25) is 5.91 Å². The van der Waals surface area contributed by atoms with Crippen LogP contribution in [0, 0.1) is 5.92 Å². The Morgan fingerprint density at radius 1 is 1.17 bits per heavy atom. The lowest BCUT2D eigenvalue weighted by Gasteiger charge is -2.35. The highest BCUT2D eigenvalue weighted by atomic mass is 32.1. The minimum Gasteiger partial charge on any atom is -0.466 e. The van der Waals surface area contributed by atoms with E-state index in [-0.39, 0.29) is 17.8 Å². The van der Waals surface area contributed by atoms with Crippen LogP contribution in [0.1, 0.15) is 43.5 Å². The zero-order valence-electron chi connectivity index (χ0n) is 17.0. The molecule has 7 heteroatoms. The number of aromatic nitrogens is 1. The number of para-hydroxylation sites is 1. The van der Waals surface area contributed by atoms with E-state index in [0.717, 1.165) is 55.8 Å². The Bertz CT molecular complexity index is 835. The molecule has 0 N–H and O–H groups in total. The van der Waals surface area contributed by atoms with Crippen LogP contribution in [-0.2, 0) is 14.3 Å². The molecule has 2 atom stereocenters. The normalized spacial score (nSPS) is 23.3. The summed E-state index contributed by atoms with van der Waals surface area (Å²) in [6, 6.07) is 8.23. The Kier molecular flexibility index (Phi) is 6.45. The summed E-state index contributed by atoms with van der Waals surface area (Å²) in [7, 11) is 0. The minimum atomic E-state index is -0.126. The van der Waals surface area contributed by atoms with Gasteiger partial charge in [0, 0.05) is 25.6 Å². The molecule has 0 bridgehead atoms. The SMILES string of the molecule is CCOC(=O)[C@H]1CCCN(CC(=O)N2CCC[C@H](c3nc4ccccc4s3)C2)C1. The van der Waals surface area contributed by atoms with Crippen molar-refractivity contribution in [2.45, 2.75) is 38.5 Å². The number of esters is 1. The van der Waals surface area contributed by atoms with Crippen LogP contribution in [0.3, 0.4) is 0 Å². The quantitative estimate of drug-likeness (QED) is 0.702. The van der Waals surface area contributed by atoms with Crippen LogP contribution < -0.4 is 0 Å². The van der Waals surface area contributed by atoms with E-state index in [1.165, 1.54) is 4.70 Å². The first kappa shape index (κ1) is 20.3. The van der Waals surface area contributed by atoms with Crippen LogP contribution in [0.15, 0.2) is 24.3 Å². The number of carbonyl (C=O) groups excluding carboxylic acids is 2. The molecule has 1 aromatic carbocycles. The second kappa shape index (κ2) is 9.22. The van der Waals surface area contributed by atoms with Crippen LogP contribution in [0.5, 0.6) is 0 Å². The summed E-state index contributed by atoms with van der Waals surface area (Å²) in [5.74, 6) is 0.255. The van der Waals surface area contributed by atoms with Gasteiger partial charge in [0.05, 0.1) is 34.3 Å². The predicted octanol–water partition coefficient (Wildman–Crippen LogP) is 3.28. The molecule has 0 radical (unpaired) electrons. The van der Waals surface area contributed by atoms with Gasteiger partial charge in [-0.2, -0.15) is 0 Å². The molecule has 1 amide bonds. The van der Waals surface area contributed by atoms with Crippen molar-refractivity contribution in [3.05, 3.63) is 29.3 Å². The van der Waals surface area contributed by atoms with E-state index in [0.29, 0.717) is 25.6 Å². The lowest BCUT2D eigenvalue weighted by molar-refractivity contribution is -0.150. The first-order valence-corrected chi connectivity index (χ1v) is 11.5. The van der Waals surface area contributed by atoms with E-state index in [1.54, 1.807) is 11.3 Å². The number of amides is 1. The lowest BCUT2D eigenvalue weighted by atomic mass is 9.97. The number of piperidine rings is 2. The topological polar surface area (TPSA) is 62.7 Å². The van der Waals surface area contributed by atoms with E-state index in [1.807, 2.05) is 24.0 Å². The van der Waals surface area contributed by atoms with Crippen LogP contribution in [-0.4, -0.2) is 66.0 Å². The molecule has 0 unspecified atom stereocenters. The van der Waals surface area contributed by atoms with Gasteiger partial charge in [0.1, 0.15) is 0 Å². The summed E-state index contributed by atoms with van der Waals surface area (Å²) in [6.07, 6.45) is 3.88. The van der Waals surface area contributed by atoms with Gasteiger partial charge in [-0.15, -0.1) is 11.3 Å². The van der Waals surface area contributed by atoms with E-state index < -0.39 is 0 Å². The van der Waals surface area contributed by atoms with E-state index in [4.69, 9.17) is 9.72 Å². The van der Waals surface area contributed by atoms with Gasteiger partial charge in [-0.3, -0.25) is 14.5 Å². The summed E-state index contributed by atoms with van der Waals surface area (Å²) < 4.78 is 6.38. The standard InChI is InChI=1S/C22H29N3O3S/c1-2-28-22(27)17-8-5-11-24(13-17)15-20(26)25-12-6-7-16(14-25)21-23-18-9-3-4-10-19(18)29-21/h3-4,9-10,16-17H,2,5-8,11-15H2,1H3/t16-,17-/m0/s1. The molecule has 29 heavy (non-hydrogen) atoms. The average Bonchev–Trinajstić information content (AvgIpc) is 3.18. The second-order valence-corrected chi connectivity index (χ2v) is 9.09. The van der Waals surface area contributed by atoms with E-state index in [2.05, 4.69) is 17.0 Å². The van der Waals surface area contributed by atoms with Crippen LogP contribution in [0.2, 0.25) is 0 Å². The third kappa shape index (κ3) is 4.78. The van der Waals surface area contributed by atoms with Crippen LogP contribution in [0.25, 0.3) is 10.2 Å². The Morgan fingerprint density at radius 3 is 2.83 bits per heavy atom. The third-order valence-corrected chi connectivity index (χ3v) is 7.12. The Hall–Kier alpha value is -1.99. The summed E-state index contributed by atoms with van der Waals surface area (Å²) in [6.45, 7) is 5.69. The molecule has 2 aromatic rings. The molecule has 2 aliphatic rings. The number of hydrogen-bond acceptors (Lipinski definition) is 6. The van der Waals surface area contributed by atoms with Crippen molar-refractivity contribution in [1.82, 2.24) is 14.8 Å². The molecule has 0 saturated carbocycles. The molecule has 1 aromatic heterocycles. The van der Waals surface area contributed by atoms with Crippen molar-refractivity contribution in [3.8, 4) is 0 Å². The van der Waals surface area contributed by atoms with E-state index >= 15 is 0 Å². The molecular formula is C22H29N3O3S. The van der Waals surface area contributed by atoms with Gasteiger partial charge >= 0.3 is 5.97 Å². The fourth-order valence-corrected chi connectivity index (χ4v) is 5.51. The Balaban J connectivity index is 1.35. The summed E-state index contributed by atoms with van der Waals surface area (Å²) in [4.78, 5) is 33.9. The number of likely N-dealkylation sites (tertiary alicyclic amines) is 2. The predicted molar refractivity (Wildman–Crippen MR) is 114 cm³/mol. The maximum atomic E-state index is 13.0. The van der Waals surface area contributed by atoms with Crippen molar-refractivity contribution < 1.29 is 14.3 Å². The van der Waals surface area contributed by atoms with Gasteiger partial charge in [-0.25, -0.2) is 4.98 Å². The summed E-state index contributed by atoms with van der Waals surface area (Å²) >= 11 is 1.75. The number of rotatable bonds is 5. The third-order valence-electron chi connectivity index (χ3n) is 5.92. The fraction of sp³-hybridized carbons (Fsp3) is 0.591. The van der Waals surface area contributed by atoms with Crippen molar-refractivity contribution in [2.24, 2.45) is 5.92 Å². The van der Waals surface area contributed by atoms with Crippen molar-refractivity contribution in [1.29, 1.82) is 0 Å². The highest BCUT2D eigenvalue weighted by molar-refractivity contribution is 7.18. The minimum absolute atomic E-state index is 0.103. The average molecular weight is 416 g/mol. The molecule has 4 rings (SSSR count). The molecule has 0 aliphatic carbocycles. The number of fused-ring (bicyclic) bond motifs is 1. The Labute approximate surface area is 175 Å². The van der Waals surface area contributed by atoms with Gasteiger partial charge < -0.3 is 9.64 Å². The van der Waals surface area contributed by atoms with Gasteiger partial charge in [0.15, 0.2) is 0 Å². The smallest absolute Gasteiger partial charge is 0.310 e. The summed E-state index contributed by atoms with van der Waals surface area (Å²) in [5.41, 5.74) is 1.05. The van der Waals surface area contributed by atoms with Crippen LogP contribution >= 0.6 is 11.3 Å². The lowest BCUT2D eigenvalue weighted by Crippen LogP contribution is -2.48. The number of hydrogen-bond donors (Lipinski definition) is 0. The number of ether oxygens (including phenoxy) is 1. The maximum Gasteiger partial charge on any atom is 0.310 e. The number of thiazole rings is 1. The zero-order valence-corrected chi connectivity index (χ0v) is 17.8. The second-order valence-electron chi connectivity index (χ2n) is 8.03. The molecule has 3 heterocycles. The maximum absolute atomic E-state index is 13.0. The largest absolute Gasteiger partial charge is 0.466 e. The van der Waals surface area contributed by atoms with Crippen LogP contribution in [0.4, 0.5) is 0 Å². The molecule has 2 saturated heterocycles. The highest BCUT2D eigenvalue weighted by Crippen LogP contribution is 2.33. The molecule has 2 aliphatic heterocycles. The molecular weight excluding hydrogens is 386 g/mol. The van der Waals surface area contributed by atoms with Crippen molar-refractivity contribution in [3.63, 3.8) is 0 Å². The number of carbonyl (C=O) groups is 2. The van der Waals surface area contributed by atoms with Gasteiger partial charge in [0.25, 0.3) is 0 Å². The van der Waals surface area contributed by atoms with Crippen molar-refractivity contribution in [2.75, 3.05) is 39.3 Å². The van der Waals surface area contributed by atoms with Crippen molar-refractivity contribution >= 4 is 33.4 Å². The number of benzene rings is 1. The van der Waals surface area contributed by atoms with E-state index in [9.17, 15) is 9.59 Å². The van der Waals surface area contributed by atoms with Gasteiger partial charge in [-0.1, -0.05) is 12.1 Å². The van der Waals surface area contributed by atoms with Gasteiger partial charge in [-0.05, 0) is 51.3 Å². The highest BCUT2D eigenvalue weighted by Gasteiger charge is 2.31.